The number of amides is 1. The van der Waals surface area contributed by atoms with Gasteiger partial charge < -0.3 is 15.4 Å². The van der Waals surface area contributed by atoms with Crippen molar-refractivity contribution in [2.75, 3.05) is 19.7 Å². The highest BCUT2D eigenvalue weighted by Crippen LogP contribution is 2.07. The molecule has 0 radical (unpaired) electrons. The van der Waals surface area contributed by atoms with Crippen LogP contribution in [0.2, 0.25) is 0 Å². The second kappa shape index (κ2) is 11.5. The molecule has 0 aromatic rings. The van der Waals surface area contributed by atoms with E-state index in [1.54, 1.807) is 0 Å². The van der Waals surface area contributed by atoms with Crippen LogP contribution in [0.1, 0.15) is 53.9 Å². The summed E-state index contributed by atoms with van der Waals surface area (Å²) >= 11 is 0. The van der Waals surface area contributed by atoms with E-state index in [2.05, 4.69) is 10.6 Å². The highest BCUT2D eigenvalue weighted by molar-refractivity contribution is 5.85. The highest BCUT2D eigenvalue weighted by Gasteiger charge is 2.19. The van der Waals surface area contributed by atoms with Gasteiger partial charge in [-0.05, 0) is 31.7 Å². The van der Waals surface area contributed by atoms with E-state index in [9.17, 15) is 9.59 Å². The second-order valence-corrected chi connectivity index (χ2v) is 6.08. The number of Topliss-reactive ketones (excluding diaryl/α,β-unsaturated/α-hetero) is 1. The van der Waals surface area contributed by atoms with Crippen LogP contribution in [-0.2, 0) is 9.53 Å². The van der Waals surface area contributed by atoms with Crippen LogP contribution in [0.25, 0.3) is 0 Å². The van der Waals surface area contributed by atoms with Crippen LogP contribution in [-0.4, -0.2) is 37.6 Å². The van der Waals surface area contributed by atoms with Crippen LogP contribution in [0.5, 0.6) is 0 Å². The third-order valence-corrected chi connectivity index (χ3v) is 3.10. The monoisotopic (exact) mass is 300 g/mol. The first-order valence-electron chi connectivity index (χ1n) is 8.06. The van der Waals surface area contributed by atoms with E-state index in [4.69, 9.17) is 4.74 Å². The van der Waals surface area contributed by atoms with Crippen molar-refractivity contribution < 1.29 is 14.3 Å². The molecule has 0 rings (SSSR count). The van der Waals surface area contributed by atoms with Gasteiger partial charge in [-0.1, -0.05) is 34.6 Å². The molecule has 0 aliphatic rings. The molecule has 1 amide bonds. The van der Waals surface area contributed by atoms with Crippen LogP contribution < -0.4 is 10.6 Å². The summed E-state index contributed by atoms with van der Waals surface area (Å²) in [5, 5.41) is 5.96. The van der Waals surface area contributed by atoms with E-state index in [-0.39, 0.29) is 23.8 Å². The minimum Gasteiger partial charge on any atom is -0.449 e. The van der Waals surface area contributed by atoms with Crippen LogP contribution in [0.4, 0.5) is 4.79 Å². The van der Waals surface area contributed by atoms with E-state index in [0.717, 1.165) is 25.8 Å². The lowest BCUT2D eigenvalue weighted by Crippen LogP contribution is -2.39. The number of hydrogen-bond acceptors (Lipinski definition) is 4. The molecule has 0 aromatic heterocycles. The molecule has 0 unspecified atom stereocenters. The standard InChI is InChI=1S/C16H32N2O3/c1-6-17-14(15(19)13(4)5)9-7-8-10-18-16(20)21-11-12(2)3/h12-14,17H,6-11H2,1-5H3,(H,18,20)/t14-/m0/s1. The summed E-state index contributed by atoms with van der Waals surface area (Å²) in [6.45, 7) is 11.7. The van der Waals surface area contributed by atoms with Gasteiger partial charge >= 0.3 is 6.09 Å². The topological polar surface area (TPSA) is 67.4 Å². The Kier molecular flexibility index (Phi) is 10.9. The average molecular weight is 300 g/mol. The van der Waals surface area contributed by atoms with Gasteiger partial charge in [0.2, 0.25) is 0 Å². The van der Waals surface area contributed by atoms with Gasteiger partial charge in [0.1, 0.15) is 0 Å². The van der Waals surface area contributed by atoms with Crippen molar-refractivity contribution in [2.24, 2.45) is 11.8 Å². The second-order valence-electron chi connectivity index (χ2n) is 6.08. The molecule has 0 aliphatic heterocycles. The molecule has 5 nitrogen and oxygen atoms in total. The molecule has 2 N–H and O–H groups in total. The molecule has 124 valence electrons. The molecule has 0 saturated carbocycles. The van der Waals surface area contributed by atoms with Crippen LogP contribution in [0.15, 0.2) is 0 Å². The van der Waals surface area contributed by atoms with E-state index in [1.165, 1.54) is 0 Å². The number of unbranched alkanes of at least 4 members (excludes halogenated alkanes) is 1. The van der Waals surface area contributed by atoms with Crippen molar-refractivity contribution in [1.82, 2.24) is 10.6 Å². The van der Waals surface area contributed by atoms with Crippen molar-refractivity contribution in [3.63, 3.8) is 0 Å². The Hall–Kier alpha value is -1.10. The predicted molar refractivity (Wildman–Crippen MR) is 85.3 cm³/mol. The van der Waals surface area contributed by atoms with Gasteiger partial charge in [0, 0.05) is 12.5 Å². The maximum atomic E-state index is 12.0. The van der Waals surface area contributed by atoms with E-state index in [1.807, 2.05) is 34.6 Å². The average Bonchev–Trinajstić information content (AvgIpc) is 2.42. The third kappa shape index (κ3) is 10.3. The Morgan fingerprint density at radius 3 is 2.29 bits per heavy atom. The Bertz CT molecular complexity index is 304. The van der Waals surface area contributed by atoms with E-state index < -0.39 is 0 Å². The van der Waals surface area contributed by atoms with Crippen LogP contribution >= 0.6 is 0 Å². The van der Waals surface area contributed by atoms with Gasteiger partial charge in [-0.15, -0.1) is 0 Å². The molecule has 0 spiro atoms. The number of hydrogen-bond donors (Lipinski definition) is 2. The smallest absolute Gasteiger partial charge is 0.407 e. The number of ketones is 1. The summed E-state index contributed by atoms with van der Waals surface area (Å²) in [5.74, 6) is 0.665. The van der Waals surface area contributed by atoms with Gasteiger partial charge in [0.25, 0.3) is 0 Å². The lowest BCUT2D eigenvalue weighted by atomic mass is 9.97. The van der Waals surface area contributed by atoms with Crippen molar-refractivity contribution in [3.8, 4) is 0 Å². The summed E-state index contributed by atoms with van der Waals surface area (Å²) < 4.78 is 5.02. The molecular weight excluding hydrogens is 268 g/mol. The van der Waals surface area contributed by atoms with Crippen LogP contribution in [0.3, 0.4) is 0 Å². The van der Waals surface area contributed by atoms with Crippen molar-refractivity contribution in [3.05, 3.63) is 0 Å². The quantitative estimate of drug-likeness (QED) is 0.576. The largest absolute Gasteiger partial charge is 0.449 e. The van der Waals surface area contributed by atoms with Gasteiger partial charge in [0.15, 0.2) is 5.78 Å². The molecule has 0 saturated heterocycles. The van der Waals surface area contributed by atoms with Gasteiger partial charge in [-0.25, -0.2) is 4.79 Å². The minimum absolute atomic E-state index is 0.0539. The number of carbonyl (C=O) groups excluding carboxylic acids is 2. The highest BCUT2D eigenvalue weighted by atomic mass is 16.5. The van der Waals surface area contributed by atoms with Gasteiger partial charge in [-0.2, -0.15) is 0 Å². The first-order valence-corrected chi connectivity index (χ1v) is 8.06. The summed E-state index contributed by atoms with van der Waals surface area (Å²) in [6.07, 6.45) is 2.21. The number of carbonyl (C=O) groups is 2. The Morgan fingerprint density at radius 2 is 1.76 bits per heavy atom. The lowest BCUT2D eigenvalue weighted by Gasteiger charge is -2.18. The molecular formula is C16H32N2O3. The molecule has 0 fully saturated rings. The molecule has 0 bridgehead atoms. The molecule has 21 heavy (non-hydrogen) atoms. The number of rotatable bonds is 11. The van der Waals surface area contributed by atoms with E-state index in [0.29, 0.717) is 19.1 Å². The molecule has 5 heteroatoms. The van der Waals surface area contributed by atoms with Crippen molar-refractivity contribution >= 4 is 11.9 Å². The summed E-state index contributed by atoms with van der Waals surface area (Å²) in [5.41, 5.74) is 0. The summed E-state index contributed by atoms with van der Waals surface area (Å²) in [4.78, 5) is 23.3. The Labute approximate surface area is 129 Å². The molecule has 1 atom stereocenters. The first-order chi connectivity index (χ1) is 9.88. The fourth-order valence-electron chi connectivity index (χ4n) is 1.95. The fraction of sp³-hybridized carbons (Fsp3) is 0.875. The van der Waals surface area contributed by atoms with Crippen molar-refractivity contribution in [2.45, 2.75) is 59.9 Å². The number of ether oxygens (including phenoxy) is 1. The zero-order chi connectivity index (χ0) is 16.3. The lowest BCUT2D eigenvalue weighted by molar-refractivity contribution is -0.124. The molecule has 0 heterocycles. The van der Waals surface area contributed by atoms with Crippen molar-refractivity contribution in [1.29, 1.82) is 0 Å². The predicted octanol–water partition coefficient (Wildman–Crippen LogP) is 2.74. The van der Waals surface area contributed by atoms with Crippen LogP contribution in [0, 0.1) is 11.8 Å². The van der Waals surface area contributed by atoms with E-state index >= 15 is 0 Å². The SMILES string of the molecule is CCN[C@@H](CCCCNC(=O)OCC(C)C)C(=O)C(C)C. The Balaban J connectivity index is 3.80. The number of alkyl carbamates (subject to hydrolysis) is 1. The summed E-state index contributed by atoms with van der Waals surface area (Å²) in [6, 6.07) is -0.0668. The zero-order valence-corrected chi connectivity index (χ0v) is 14.2. The Morgan fingerprint density at radius 1 is 1.10 bits per heavy atom. The maximum Gasteiger partial charge on any atom is 0.407 e. The fourth-order valence-corrected chi connectivity index (χ4v) is 1.95. The van der Waals surface area contributed by atoms with Gasteiger partial charge in [0.05, 0.1) is 12.6 Å². The first kappa shape index (κ1) is 19.9. The maximum absolute atomic E-state index is 12.0. The van der Waals surface area contributed by atoms with Gasteiger partial charge in [-0.3, -0.25) is 4.79 Å². The molecule has 0 aromatic carbocycles. The molecule has 0 aliphatic carbocycles. The normalized spacial score (nSPS) is 12.5. The summed E-state index contributed by atoms with van der Waals surface area (Å²) in [7, 11) is 0. The minimum atomic E-state index is -0.356. The number of nitrogens with one attached hydrogen (secondary N) is 2. The number of likely N-dealkylation sites (N-methyl/N-ethyl adjacent to an activating group) is 1. The zero-order valence-electron chi connectivity index (χ0n) is 14.2. The third-order valence-electron chi connectivity index (χ3n) is 3.10.